The molecule has 1 fully saturated rings. The van der Waals surface area contributed by atoms with Gasteiger partial charge in [-0.1, -0.05) is 16.8 Å². The lowest BCUT2D eigenvalue weighted by Crippen LogP contribution is -2.41. The minimum absolute atomic E-state index is 0.652. The zero-order valence-corrected chi connectivity index (χ0v) is 17.2. The minimum atomic E-state index is 0.652. The Morgan fingerprint density at radius 1 is 0.969 bits per heavy atom. The number of anilines is 1. The number of hydrogen-bond donors (Lipinski definition) is 1. The van der Waals surface area contributed by atoms with Crippen LogP contribution in [0.25, 0.3) is 22.8 Å². The Hall–Kier alpha value is -4.40. The smallest absolute Gasteiger partial charge is 0.201 e. The first-order valence-corrected chi connectivity index (χ1v) is 10.4. The Morgan fingerprint density at radius 2 is 1.81 bits per heavy atom. The van der Waals surface area contributed by atoms with Crippen molar-refractivity contribution in [3.8, 4) is 22.8 Å². The molecule has 5 aromatic rings. The number of hydrogen-bond acceptors (Lipinski definition) is 6. The van der Waals surface area contributed by atoms with E-state index >= 15 is 0 Å². The second-order valence-electron chi connectivity index (χ2n) is 7.76. The molecule has 4 aromatic heterocycles. The first kappa shape index (κ1) is 18.4. The summed E-state index contributed by atoms with van der Waals surface area (Å²) in [6.45, 7) is 0. The molecule has 1 N–H and O–H groups in total. The van der Waals surface area contributed by atoms with Gasteiger partial charge in [0.15, 0.2) is 5.82 Å². The number of imidazole rings is 1. The van der Waals surface area contributed by atoms with Crippen LogP contribution in [0.3, 0.4) is 0 Å². The van der Waals surface area contributed by atoms with Gasteiger partial charge in [0.1, 0.15) is 12.7 Å². The molecule has 4 heterocycles. The first-order valence-electron chi connectivity index (χ1n) is 10.4. The number of rotatable bonds is 6. The Morgan fingerprint density at radius 3 is 2.62 bits per heavy atom. The van der Waals surface area contributed by atoms with E-state index in [1.54, 1.807) is 18.7 Å². The molecule has 1 saturated carbocycles. The van der Waals surface area contributed by atoms with E-state index in [4.69, 9.17) is 0 Å². The molecule has 0 spiro atoms. The van der Waals surface area contributed by atoms with E-state index in [2.05, 4.69) is 53.5 Å². The molecule has 156 valence electrons. The van der Waals surface area contributed by atoms with E-state index in [1.807, 2.05) is 52.2 Å². The third-order valence-corrected chi connectivity index (χ3v) is 5.46. The fourth-order valence-corrected chi connectivity index (χ4v) is 3.65. The number of benzene rings is 1. The number of nitrogens with zero attached hydrogens (tertiary/aromatic N) is 8. The summed E-state index contributed by atoms with van der Waals surface area (Å²) in [6.07, 6.45) is 17.1. The van der Waals surface area contributed by atoms with Crippen molar-refractivity contribution in [1.29, 1.82) is 0 Å². The van der Waals surface area contributed by atoms with E-state index < -0.39 is 0 Å². The summed E-state index contributed by atoms with van der Waals surface area (Å²) < 4.78 is 5.85. The molecule has 32 heavy (non-hydrogen) atoms. The van der Waals surface area contributed by atoms with Crippen molar-refractivity contribution < 1.29 is 4.68 Å². The molecular formula is C23H20N9+. The van der Waals surface area contributed by atoms with Crippen molar-refractivity contribution >= 4 is 5.69 Å². The normalized spacial score (nSPS) is 13.2. The Kier molecular flexibility index (Phi) is 4.42. The van der Waals surface area contributed by atoms with Gasteiger partial charge in [-0.05, 0) is 25.0 Å². The van der Waals surface area contributed by atoms with Crippen LogP contribution in [0.15, 0.2) is 86.4 Å². The van der Waals surface area contributed by atoms with E-state index in [0.29, 0.717) is 5.92 Å². The number of pyridine rings is 1. The van der Waals surface area contributed by atoms with Crippen LogP contribution >= 0.6 is 0 Å². The molecule has 6 rings (SSSR count). The van der Waals surface area contributed by atoms with Gasteiger partial charge in [0.2, 0.25) is 12.4 Å². The van der Waals surface area contributed by atoms with E-state index in [9.17, 15) is 0 Å². The highest BCUT2D eigenvalue weighted by molar-refractivity contribution is 5.63. The lowest BCUT2D eigenvalue weighted by atomic mass is 10.2. The summed E-state index contributed by atoms with van der Waals surface area (Å²) in [6, 6.07) is 12.1. The Labute approximate surface area is 184 Å². The van der Waals surface area contributed by atoms with Crippen LogP contribution < -0.4 is 10.1 Å². The number of nitrogens with one attached hydrogen (secondary N) is 1. The summed E-state index contributed by atoms with van der Waals surface area (Å²) in [7, 11) is 0. The quantitative estimate of drug-likeness (QED) is 0.423. The average Bonchev–Trinajstić information content (AvgIpc) is 3.37. The molecule has 9 nitrogen and oxygen atoms in total. The maximum atomic E-state index is 4.53. The summed E-state index contributed by atoms with van der Waals surface area (Å²) in [4.78, 5) is 12.7. The zero-order chi connectivity index (χ0) is 21.3. The summed E-state index contributed by atoms with van der Waals surface area (Å²) in [5.41, 5.74) is 8.32. The standard InChI is InChI=1S/C23H20N9/c1-2-18(23-28-27-16-32(23)21-11-24-14-25-12-21)10-19(3-1)29-31-8-6-20(7-9-31)30-13-22(26-15-30)17-4-5-17/h1-3,6-17,29H,4-5H2/q+1. The maximum absolute atomic E-state index is 4.53. The molecule has 9 heteroatoms. The van der Waals surface area contributed by atoms with E-state index in [0.717, 1.165) is 28.5 Å². The molecule has 0 radical (unpaired) electrons. The highest BCUT2D eigenvalue weighted by Gasteiger charge is 2.25. The minimum Gasteiger partial charge on any atom is -0.306 e. The van der Waals surface area contributed by atoms with Gasteiger partial charge in [0.05, 0.1) is 41.5 Å². The molecule has 1 aromatic carbocycles. The van der Waals surface area contributed by atoms with Gasteiger partial charge in [-0.3, -0.25) is 4.57 Å². The average molecular weight is 422 g/mol. The van der Waals surface area contributed by atoms with Gasteiger partial charge in [-0.25, -0.2) is 15.0 Å². The summed E-state index contributed by atoms with van der Waals surface area (Å²) in [5.74, 6) is 1.37. The van der Waals surface area contributed by atoms with Gasteiger partial charge >= 0.3 is 0 Å². The first-order chi connectivity index (χ1) is 15.8. The van der Waals surface area contributed by atoms with Crippen LogP contribution in [-0.4, -0.2) is 34.3 Å². The van der Waals surface area contributed by atoms with Crippen molar-refractivity contribution in [3.63, 3.8) is 0 Å². The molecule has 0 unspecified atom stereocenters. The molecule has 0 aliphatic heterocycles. The fourth-order valence-electron chi connectivity index (χ4n) is 3.65. The Balaban J connectivity index is 1.22. The molecule has 0 atom stereocenters. The zero-order valence-electron chi connectivity index (χ0n) is 17.2. The monoisotopic (exact) mass is 422 g/mol. The predicted octanol–water partition coefficient (Wildman–Crippen LogP) is 2.95. The molecule has 0 bridgehead atoms. The van der Waals surface area contributed by atoms with Gasteiger partial charge < -0.3 is 4.57 Å². The third-order valence-electron chi connectivity index (χ3n) is 5.46. The van der Waals surface area contributed by atoms with Gasteiger partial charge in [0, 0.05) is 29.8 Å². The molecular weight excluding hydrogens is 402 g/mol. The van der Waals surface area contributed by atoms with Crippen LogP contribution in [0.1, 0.15) is 24.5 Å². The van der Waals surface area contributed by atoms with Crippen LogP contribution in [-0.2, 0) is 0 Å². The highest BCUT2D eigenvalue weighted by Crippen LogP contribution is 2.39. The van der Waals surface area contributed by atoms with Gasteiger partial charge in [-0.2, -0.15) is 5.43 Å². The summed E-state index contributed by atoms with van der Waals surface area (Å²) in [5, 5.41) is 8.36. The number of aromatic nitrogens is 8. The second kappa shape index (κ2) is 7.69. The molecule has 0 amide bonds. The summed E-state index contributed by atoms with van der Waals surface area (Å²) >= 11 is 0. The van der Waals surface area contributed by atoms with Crippen LogP contribution in [0, 0.1) is 0 Å². The van der Waals surface area contributed by atoms with Crippen LogP contribution in [0.5, 0.6) is 0 Å². The Bertz CT molecular complexity index is 1350. The lowest BCUT2D eigenvalue weighted by Gasteiger charge is -2.07. The lowest BCUT2D eigenvalue weighted by molar-refractivity contribution is -0.642. The van der Waals surface area contributed by atoms with E-state index in [-0.39, 0.29) is 0 Å². The van der Waals surface area contributed by atoms with Crippen molar-refractivity contribution in [3.05, 3.63) is 92.1 Å². The maximum Gasteiger partial charge on any atom is 0.201 e. The SMILES string of the molecule is c1cc(N[n+]2ccc(-n3cnc(C4CC4)c3)cc2)cc(-c2nncn2-c2cncnc2)c1. The predicted molar refractivity (Wildman–Crippen MR) is 117 cm³/mol. The third kappa shape index (κ3) is 3.60. The largest absolute Gasteiger partial charge is 0.306 e. The molecule has 1 aliphatic rings. The van der Waals surface area contributed by atoms with Crippen molar-refractivity contribution in [2.75, 3.05) is 5.43 Å². The topological polar surface area (TPSA) is 90.2 Å². The van der Waals surface area contributed by atoms with Gasteiger partial charge in [0.25, 0.3) is 0 Å². The molecule has 1 aliphatic carbocycles. The van der Waals surface area contributed by atoms with Crippen molar-refractivity contribution in [2.45, 2.75) is 18.8 Å². The molecule has 0 saturated heterocycles. The highest BCUT2D eigenvalue weighted by atomic mass is 15.4. The van der Waals surface area contributed by atoms with Gasteiger partial charge in [-0.15, -0.1) is 10.2 Å². The van der Waals surface area contributed by atoms with E-state index in [1.165, 1.54) is 24.9 Å². The van der Waals surface area contributed by atoms with Crippen molar-refractivity contribution in [1.82, 2.24) is 34.3 Å². The van der Waals surface area contributed by atoms with Crippen LogP contribution in [0.4, 0.5) is 5.69 Å². The van der Waals surface area contributed by atoms with Crippen LogP contribution in [0.2, 0.25) is 0 Å². The van der Waals surface area contributed by atoms with Crippen molar-refractivity contribution in [2.24, 2.45) is 0 Å². The fraction of sp³-hybridized carbons (Fsp3) is 0.130. The second-order valence-corrected chi connectivity index (χ2v) is 7.76.